The van der Waals surface area contributed by atoms with Gasteiger partial charge in [0.1, 0.15) is 10.8 Å². The highest BCUT2D eigenvalue weighted by Crippen LogP contribution is 2.22. The van der Waals surface area contributed by atoms with Gasteiger partial charge in [-0.05, 0) is 43.7 Å². The van der Waals surface area contributed by atoms with Crippen LogP contribution in [0.5, 0.6) is 0 Å². The van der Waals surface area contributed by atoms with E-state index in [2.05, 4.69) is 20.5 Å². The van der Waals surface area contributed by atoms with Gasteiger partial charge < -0.3 is 0 Å². The van der Waals surface area contributed by atoms with Gasteiger partial charge in [-0.25, -0.2) is 15.4 Å². The Morgan fingerprint density at radius 2 is 2.03 bits per heavy atom. The van der Waals surface area contributed by atoms with E-state index in [1.165, 1.54) is 11.3 Å². The maximum Gasteiger partial charge on any atom is 0.271 e. The lowest BCUT2D eigenvalue weighted by atomic mass is 10.1. The molecule has 0 radical (unpaired) electrons. The summed E-state index contributed by atoms with van der Waals surface area (Å²) in [6.45, 7) is 2.52. The zero-order valence-electron chi connectivity index (χ0n) is 15.7. The summed E-state index contributed by atoms with van der Waals surface area (Å²) in [5, 5.41) is 5.49. The fourth-order valence-corrected chi connectivity index (χ4v) is 4.41. The van der Waals surface area contributed by atoms with Crippen molar-refractivity contribution in [3.63, 3.8) is 0 Å². The topological polar surface area (TPSA) is 89.2 Å². The maximum atomic E-state index is 12.6. The Kier molecular flexibility index (Phi) is 4.21. The van der Waals surface area contributed by atoms with Gasteiger partial charge in [0, 0.05) is 18.5 Å². The van der Waals surface area contributed by atoms with Crippen LogP contribution in [0.1, 0.15) is 34.5 Å². The number of nitrogens with one attached hydrogen (secondary N) is 1. The minimum absolute atomic E-state index is 0.0424. The first kappa shape index (κ1) is 17.7. The quantitative estimate of drug-likeness (QED) is 0.420. The molecule has 0 spiro atoms. The molecule has 2 aromatic heterocycles. The van der Waals surface area contributed by atoms with E-state index < -0.39 is 0 Å². The largest absolute Gasteiger partial charge is 0.296 e. The van der Waals surface area contributed by atoms with Crippen molar-refractivity contribution in [3.05, 3.63) is 69.2 Å². The SMILES string of the molecule is C/C(=N/NC(=O)c1ccc2c(=O)n3c(nc2c1)CCC3)c1nc2ccccc2s1. The molecule has 8 heteroatoms. The number of hydrogen-bond acceptors (Lipinski definition) is 6. The van der Waals surface area contributed by atoms with Gasteiger partial charge in [-0.1, -0.05) is 12.1 Å². The van der Waals surface area contributed by atoms with E-state index in [0.29, 0.717) is 28.7 Å². The second kappa shape index (κ2) is 6.89. The molecule has 1 aliphatic rings. The monoisotopic (exact) mass is 403 g/mol. The van der Waals surface area contributed by atoms with E-state index in [1.54, 1.807) is 22.8 Å². The van der Waals surface area contributed by atoms with Crippen LogP contribution in [-0.4, -0.2) is 26.2 Å². The third-order valence-electron chi connectivity index (χ3n) is 5.01. The van der Waals surface area contributed by atoms with Crippen LogP contribution >= 0.6 is 11.3 Å². The first-order valence-corrected chi connectivity index (χ1v) is 10.2. The van der Waals surface area contributed by atoms with Gasteiger partial charge in [-0.3, -0.25) is 14.2 Å². The molecule has 0 atom stereocenters. The summed E-state index contributed by atoms with van der Waals surface area (Å²) in [4.78, 5) is 34.2. The highest BCUT2D eigenvalue weighted by Gasteiger charge is 2.17. The Balaban J connectivity index is 1.41. The first-order valence-electron chi connectivity index (χ1n) is 9.34. The standard InChI is InChI=1S/C21H17N5O2S/c1-12(20-23-15-5-2-3-6-17(15)29-20)24-25-19(27)13-8-9-14-16(11-13)22-18-7-4-10-26(18)21(14)28/h2-3,5-6,8-9,11H,4,7,10H2,1H3,(H,25,27)/b24-12-. The molecule has 5 rings (SSSR count). The Bertz CT molecular complexity index is 1340. The van der Waals surface area contributed by atoms with Crippen molar-refractivity contribution in [1.29, 1.82) is 0 Å². The number of nitrogens with zero attached hydrogens (tertiary/aromatic N) is 4. The molecule has 1 aliphatic heterocycles. The third-order valence-corrected chi connectivity index (χ3v) is 6.15. The van der Waals surface area contributed by atoms with Gasteiger partial charge in [-0.15, -0.1) is 11.3 Å². The number of rotatable bonds is 3. The zero-order chi connectivity index (χ0) is 20.0. The minimum Gasteiger partial charge on any atom is -0.296 e. The van der Waals surface area contributed by atoms with Gasteiger partial charge in [0.15, 0.2) is 0 Å². The van der Waals surface area contributed by atoms with E-state index in [0.717, 1.165) is 33.9 Å². The summed E-state index contributed by atoms with van der Waals surface area (Å²) >= 11 is 1.53. The number of hydrazone groups is 1. The van der Waals surface area contributed by atoms with E-state index in [9.17, 15) is 9.59 Å². The molecule has 144 valence electrons. The zero-order valence-corrected chi connectivity index (χ0v) is 16.5. The van der Waals surface area contributed by atoms with Crippen LogP contribution in [0.2, 0.25) is 0 Å². The van der Waals surface area contributed by atoms with Gasteiger partial charge in [0.05, 0.1) is 26.8 Å². The lowest BCUT2D eigenvalue weighted by Gasteiger charge is -2.06. The van der Waals surface area contributed by atoms with Crippen molar-refractivity contribution in [2.45, 2.75) is 26.3 Å². The summed E-state index contributed by atoms with van der Waals surface area (Å²) in [7, 11) is 0. The number of carbonyl (C=O) groups is 1. The number of aromatic nitrogens is 3. The molecule has 0 saturated heterocycles. The molecule has 1 amide bonds. The van der Waals surface area contributed by atoms with Crippen LogP contribution in [0.3, 0.4) is 0 Å². The number of thiazole rings is 1. The molecular weight excluding hydrogens is 386 g/mol. The average Bonchev–Trinajstić information content (AvgIpc) is 3.38. The molecular formula is C21H17N5O2S. The fourth-order valence-electron chi connectivity index (χ4n) is 3.50. The lowest BCUT2D eigenvalue weighted by molar-refractivity contribution is 0.0955. The van der Waals surface area contributed by atoms with Gasteiger partial charge in [0.25, 0.3) is 11.5 Å². The van der Waals surface area contributed by atoms with Crippen molar-refractivity contribution in [2.24, 2.45) is 5.10 Å². The maximum absolute atomic E-state index is 12.6. The summed E-state index contributed by atoms with van der Waals surface area (Å²) in [6, 6.07) is 12.8. The van der Waals surface area contributed by atoms with Gasteiger partial charge in [0.2, 0.25) is 0 Å². The molecule has 1 N–H and O–H groups in total. The molecule has 0 unspecified atom stereocenters. The first-order chi connectivity index (χ1) is 14.1. The van der Waals surface area contributed by atoms with Crippen LogP contribution in [0.25, 0.3) is 21.1 Å². The number of para-hydroxylation sites is 1. The van der Waals surface area contributed by atoms with Crippen LogP contribution in [0.4, 0.5) is 0 Å². The number of hydrogen-bond donors (Lipinski definition) is 1. The van der Waals surface area contributed by atoms with Gasteiger partial charge in [-0.2, -0.15) is 5.10 Å². The van der Waals surface area contributed by atoms with Crippen molar-refractivity contribution < 1.29 is 4.79 Å². The Morgan fingerprint density at radius 3 is 2.90 bits per heavy atom. The molecule has 0 aliphatic carbocycles. The smallest absolute Gasteiger partial charge is 0.271 e. The van der Waals surface area contributed by atoms with Crippen LogP contribution in [0.15, 0.2) is 52.4 Å². The minimum atomic E-state index is -0.352. The predicted octanol–water partition coefficient (Wildman–Crippen LogP) is 3.11. The number of fused-ring (bicyclic) bond motifs is 3. The molecule has 0 fully saturated rings. The van der Waals surface area contributed by atoms with Crippen molar-refractivity contribution in [1.82, 2.24) is 20.0 Å². The van der Waals surface area contributed by atoms with Crippen molar-refractivity contribution >= 4 is 44.1 Å². The van der Waals surface area contributed by atoms with Crippen molar-refractivity contribution in [3.8, 4) is 0 Å². The summed E-state index contributed by atoms with van der Waals surface area (Å²) in [5.41, 5.74) is 5.03. The molecule has 0 saturated carbocycles. The molecule has 29 heavy (non-hydrogen) atoms. The molecule has 2 aromatic carbocycles. The highest BCUT2D eigenvalue weighted by molar-refractivity contribution is 7.20. The number of aryl methyl sites for hydroxylation is 1. The van der Waals surface area contributed by atoms with Crippen molar-refractivity contribution in [2.75, 3.05) is 0 Å². The van der Waals surface area contributed by atoms with E-state index in [-0.39, 0.29) is 11.5 Å². The van der Waals surface area contributed by atoms with E-state index in [4.69, 9.17) is 0 Å². The second-order valence-electron chi connectivity index (χ2n) is 6.95. The molecule has 3 heterocycles. The highest BCUT2D eigenvalue weighted by atomic mass is 32.1. The van der Waals surface area contributed by atoms with Crippen LogP contribution < -0.4 is 11.0 Å². The Hall–Kier alpha value is -3.39. The number of carbonyl (C=O) groups excluding carboxylic acids is 1. The normalized spacial score (nSPS) is 13.8. The van der Waals surface area contributed by atoms with E-state index >= 15 is 0 Å². The number of benzene rings is 2. The number of amides is 1. The summed E-state index contributed by atoms with van der Waals surface area (Å²) in [6.07, 6.45) is 1.71. The summed E-state index contributed by atoms with van der Waals surface area (Å²) < 4.78 is 2.79. The fraction of sp³-hybridized carbons (Fsp3) is 0.190. The van der Waals surface area contributed by atoms with E-state index in [1.807, 2.05) is 31.2 Å². The second-order valence-corrected chi connectivity index (χ2v) is 7.98. The molecule has 7 nitrogen and oxygen atoms in total. The van der Waals surface area contributed by atoms with Gasteiger partial charge >= 0.3 is 0 Å². The predicted molar refractivity (Wildman–Crippen MR) is 114 cm³/mol. The molecule has 0 bridgehead atoms. The third kappa shape index (κ3) is 3.11. The summed E-state index contributed by atoms with van der Waals surface area (Å²) in [5.74, 6) is 0.430. The lowest BCUT2D eigenvalue weighted by Crippen LogP contribution is -2.22. The Morgan fingerprint density at radius 1 is 1.17 bits per heavy atom. The Labute approximate surface area is 169 Å². The average molecular weight is 403 g/mol. The van der Waals surface area contributed by atoms with Crippen LogP contribution in [-0.2, 0) is 13.0 Å². The molecule has 4 aromatic rings. The van der Waals surface area contributed by atoms with Crippen LogP contribution in [0, 0.1) is 0 Å².